The van der Waals surface area contributed by atoms with Crippen LogP contribution in [-0.4, -0.2) is 71.5 Å². The van der Waals surface area contributed by atoms with E-state index in [1.807, 2.05) is 26.0 Å². The Bertz CT molecular complexity index is 1030. The summed E-state index contributed by atoms with van der Waals surface area (Å²) in [6, 6.07) is 3.30. The van der Waals surface area contributed by atoms with Gasteiger partial charge in [-0.05, 0) is 57.7 Å². The highest BCUT2D eigenvalue weighted by Gasteiger charge is 2.46. The van der Waals surface area contributed by atoms with E-state index in [0.717, 1.165) is 12.0 Å². The van der Waals surface area contributed by atoms with Crippen LogP contribution in [0.3, 0.4) is 0 Å². The number of carbonyl (C=O) groups excluding carboxylic acids is 3. The maximum absolute atomic E-state index is 13.0. The Labute approximate surface area is 224 Å². The number of ether oxygens (including phenoxy) is 4. The number of ketones is 1. The van der Waals surface area contributed by atoms with Crippen molar-refractivity contribution in [1.82, 2.24) is 4.98 Å². The third-order valence-corrected chi connectivity index (χ3v) is 7.87. The van der Waals surface area contributed by atoms with Crippen molar-refractivity contribution in [3.63, 3.8) is 0 Å². The van der Waals surface area contributed by atoms with Crippen LogP contribution in [0.25, 0.3) is 0 Å². The molecule has 0 fully saturated rings. The van der Waals surface area contributed by atoms with E-state index < -0.39 is 47.9 Å². The monoisotopic (exact) mass is 531 g/mol. The molecule has 38 heavy (non-hydrogen) atoms. The van der Waals surface area contributed by atoms with Gasteiger partial charge >= 0.3 is 11.9 Å². The number of carbonyl (C=O) groups is 3. The molecular formula is C29H41NO8. The van der Waals surface area contributed by atoms with Gasteiger partial charge in [0, 0.05) is 25.1 Å². The second kappa shape index (κ2) is 12.9. The number of nitrogens with one attached hydrogen (secondary N) is 1. The molecule has 0 amide bonds. The molecule has 2 heterocycles. The summed E-state index contributed by atoms with van der Waals surface area (Å²) in [4.78, 5) is 40.9. The lowest BCUT2D eigenvalue weighted by Crippen LogP contribution is -2.49. The smallest absolute Gasteiger partial charge is 0.355 e. The van der Waals surface area contributed by atoms with Crippen molar-refractivity contribution < 1.29 is 38.4 Å². The first-order valence-corrected chi connectivity index (χ1v) is 13.3. The predicted molar refractivity (Wildman–Crippen MR) is 140 cm³/mol. The molecule has 0 saturated carbocycles. The number of Topliss-reactive ketones (excluding diaryl/α,β-unsaturated/α-hetero) is 1. The fourth-order valence-electron chi connectivity index (χ4n) is 5.39. The minimum Gasteiger partial charge on any atom is -0.457 e. The number of fused-ring (bicyclic) bond motifs is 1. The van der Waals surface area contributed by atoms with Gasteiger partial charge < -0.3 is 29.0 Å². The normalized spacial score (nSPS) is 31.7. The van der Waals surface area contributed by atoms with Crippen LogP contribution in [0.4, 0.5) is 0 Å². The number of aromatic amines is 1. The molecule has 1 aliphatic carbocycles. The van der Waals surface area contributed by atoms with Gasteiger partial charge in [-0.25, -0.2) is 9.59 Å². The Balaban J connectivity index is 1.99. The molecule has 5 unspecified atom stereocenters. The van der Waals surface area contributed by atoms with Gasteiger partial charge in [0.15, 0.2) is 6.10 Å². The van der Waals surface area contributed by atoms with E-state index in [1.54, 1.807) is 32.2 Å². The van der Waals surface area contributed by atoms with Crippen LogP contribution in [0, 0.1) is 17.8 Å². The van der Waals surface area contributed by atoms with E-state index in [2.05, 4.69) is 11.1 Å². The molecule has 0 radical (unpaired) electrons. The topological polar surface area (TPSA) is 124 Å². The quantitative estimate of drug-likeness (QED) is 0.364. The Morgan fingerprint density at radius 1 is 1.32 bits per heavy atom. The second-order valence-corrected chi connectivity index (χ2v) is 10.5. The van der Waals surface area contributed by atoms with E-state index in [1.165, 1.54) is 14.0 Å². The number of rotatable bonds is 9. The van der Waals surface area contributed by atoms with Crippen LogP contribution in [0.5, 0.6) is 0 Å². The fraction of sp³-hybridized carbons (Fsp3) is 0.621. The number of H-pyrrole nitrogens is 1. The molecule has 8 atom stereocenters. The second-order valence-electron chi connectivity index (χ2n) is 10.5. The van der Waals surface area contributed by atoms with E-state index in [-0.39, 0.29) is 29.9 Å². The predicted octanol–water partition coefficient (Wildman–Crippen LogP) is 3.78. The van der Waals surface area contributed by atoms with Crippen molar-refractivity contribution >= 4 is 17.7 Å². The van der Waals surface area contributed by atoms with Gasteiger partial charge in [-0.3, -0.25) is 4.79 Å². The molecular weight excluding hydrogens is 490 g/mol. The number of aliphatic hydroxyl groups excluding tert-OH is 1. The van der Waals surface area contributed by atoms with Crippen LogP contribution < -0.4 is 0 Å². The maximum Gasteiger partial charge on any atom is 0.355 e. The van der Waals surface area contributed by atoms with Crippen LogP contribution in [0.1, 0.15) is 64.4 Å². The molecule has 210 valence electrons. The van der Waals surface area contributed by atoms with Gasteiger partial charge in [0.2, 0.25) is 0 Å². The maximum atomic E-state index is 13.0. The molecule has 9 heteroatoms. The number of methoxy groups -OCH3 is 1. The Morgan fingerprint density at radius 2 is 2.05 bits per heavy atom. The number of aromatic nitrogens is 1. The highest BCUT2D eigenvalue weighted by molar-refractivity contribution is 5.88. The highest BCUT2D eigenvalue weighted by atomic mass is 16.6. The Morgan fingerprint density at radius 3 is 2.66 bits per heavy atom. The largest absolute Gasteiger partial charge is 0.457 e. The standard InChI is InChI=1S/C29H41NO8/c1-17-14-18(2)29(36-16-25(19(3)20(4)31)37-27(33)23-11-9-13-30-23)12-8-7-10-22(29)15-24(35-6)28(34)38-26(17)21(5)32/h7,9-11,13-14,17,19,21-22,24-26,30,32H,8,12,15-16H2,1-6H3/b18-14+/t17?,19-,21?,22?,24+,25+,26?,29?/m1/s1. The number of esters is 2. The minimum absolute atomic E-state index is 0.0149. The average molecular weight is 532 g/mol. The zero-order valence-corrected chi connectivity index (χ0v) is 23.1. The first-order valence-electron chi connectivity index (χ1n) is 13.3. The lowest BCUT2D eigenvalue weighted by molar-refractivity contribution is -0.172. The molecule has 9 nitrogen and oxygen atoms in total. The number of hydrogen-bond acceptors (Lipinski definition) is 8. The van der Waals surface area contributed by atoms with Crippen molar-refractivity contribution in [3.8, 4) is 0 Å². The third kappa shape index (κ3) is 6.62. The van der Waals surface area contributed by atoms with Crippen molar-refractivity contribution in [2.24, 2.45) is 17.8 Å². The SMILES string of the molecule is CO[C@H]1CC2C=CCCC2(OC[C@H](OC(=O)c2ccc[nH]2)[C@H](C)C(C)=O)/C(C)=C/C(C)C(C(C)O)OC1=O. The molecule has 1 aromatic rings. The first kappa shape index (κ1) is 29.8. The van der Waals surface area contributed by atoms with Crippen molar-refractivity contribution in [3.05, 3.63) is 47.8 Å². The zero-order chi connectivity index (χ0) is 28.0. The van der Waals surface area contributed by atoms with E-state index >= 15 is 0 Å². The van der Waals surface area contributed by atoms with Crippen molar-refractivity contribution in [1.29, 1.82) is 0 Å². The lowest BCUT2D eigenvalue weighted by atomic mass is 9.71. The molecule has 1 aromatic heterocycles. The van der Waals surface area contributed by atoms with Crippen molar-refractivity contribution in [2.45, 2.75) is 83.9 Å². The molecule has 0 bridgehead atoms. The summed E-state index contributed by atoms with van der Waals surface area (Å²) < 4.78 is 23.7. The Hall–Kier alpha value is -2.75. The molecule has 3 rings (SSSR count). The van der Waals surface area contributed by atoms with Crippen molar-refractivity contribution in [2.75, 3.05) is 13.7 Å². The number of allylic oxidation sites excluding steroid dienone is 1. The number of aliphatic hydroxyl groups is 1. The summed E-state index contributed by atoms with van der Waals surface area (Å²) in [6.07, 6.45) is 6.05. The van der Waals surface area contributed by atoms with Crippen LogP contribution in [-0.2, 0) is 28.5 Å². The summed E-state index contributed by atoms with van der Waals surface area (Å²) in [5.41, 5.74) is 0.369. The summed E-state index contributed by atoms with van der Waals surface area (Å²) in [5, 5.41) is 10.4. The van der Waals surface area contributed by atoms with Gasteiger partial charge in [0.25, 0.3) is 0 Å². The fourth-order valence-corrected chi connectivity index (χ4v) is 5.39. The van der Waals surface area contributed by atoms with E-state index in [9.17, 15) is 19.5 Å². The van der Waals surface area contributed by atoms with Crippen LogP contribution in [0.15, 0.2) is 42.1 Å². The molecule has 0 aromatic carbocycles. The molecule has 0 saturated heterocycles. The van der Waals surface area contributed by atoms with E-state index in [4.69, 9.17) is 18.9 Å². The number of cyclic esters (lactones) is 1. The molecule has 2 aliphatic rings. The van der Waals surface area contributed by atoms with Gasteiger partial charge in [0.1, 0.15) is 23.7 Å². The Kier molecular flexibility index (Phi) is 10.1. The highest BCUT2D eigenvalue weighted by Crippen LogP contribution is 2.43. The summed E-state index contributed by atoms with van der Waals surface area (Å²) in [6.45, 7) is 8.62. The van der Waals surface area contributed by atoms with Gasteiger partial charge in [0.05, 0.1) is 24.2 Å². The minimum atomic E-state index is -0.887. The van der Waals surface area contributed by atoms with Crippen LogP contribution >= 0.6 is 0 Å². The van der Waals surface area contributed by atoms with Crippen LogP contribution in [0.2, 0.25) is 0 Å². The van der Waals surface area contributed by atoms with Gasteiger partial charge in [-0.2, -0.15) is 0 Å². The third-order valence-electron chi connectivity index (χ3n) is 7.87. The summed E-state index contributed by atoms with van der Waals surface area (Å²) >= 11 is 0. The van der Waals surface area contributed by atoms with Gasteiger partial charge in [-0.1, -0.05) is 32.1 Å². The lowest BCUT2D eigenvalue weighted by Gasteiger charge is -2.45. The zero-order valence-electron chi connectivity index (χ0n) is 23.1. The number of hydrogen-bond donors (Lipinski definition) is 2. The molecule has 2 N–H and O–H groups in total. The summed E-state index contributed by atoms with van der Waals surface area (Å²) in [7, 11) is 1.46. The van der Waals surface area contributed by atoms with Gasteiger partial charge in [-0.15, -0.1) is 0 Å². The van der Waals surface area contributed by atoms with E-state index in [0.29, 0.717) is 12.8 Å². The average Bonchev–Trinajstić information content (AvgIpc) is 3.42. The molecule has 0 spiro atoms. The molecule has 1 aliphatic heterocycles. The first-order chi connectivity index (χ1) is 18.0. The summed E-state index contributed by atoms with van der Waals surface area (Å²) in [5.74, 6) is -2.36.